The van der Waals surface area contributed by atoms with Gasteiger partial charge in [-0.05, 0) is 25.3 Å². The summed E-state index contributed by atoms with van der Waals surface area (Å²) in [7, 11) is 2.88. The Kier molecular flexibility index (Phi) is 7.70. The van der Waals surface area contributed by atoms with Crippen LogP contribution < -0.4 is 14.8 Å². The van der Waals surface area contributed by atoms with Crippen LogP contribution in [0.3, 0.4) is 0 Å². The summed E-state index contributed by atoms with van der Waals surface area (Å²) in [5.41, 5.74) is 0.233. The number of esters is 1. The van der Waals surface area contributed by atoms with Crippen molar-refractivity contribution < 1.29 is 33.3 Å². The molecule has 2 aromatic rings. The molecule has 0 radical (unpaired) electrons. The monoisotopic (exact) mass is 462 g/mol. The molecule has 9 nitrogen and oxygen atoms in total. The van der Waals surface area contributed by atoms with E-state index in [1.165, 1.54) is 37.7 Å². The Balaban J connectivity index is 1.77. The van der Waals surface area contributed by atoms with Crippen LogP contribution >= 0.6 is 11.3 Å². The number of morpholine rings is 1. The van der Waals surface area contributed by atoms with Crippen molar-refractivity contribution in [3.8, 4) is 11.5 Å². The average molecular weight is 463 g/mol. The minimum atomic E-state index is -0.768. The normalized spacial score (nSPS) is 18.1. The lowest BCUT2D eigenvalue weighted by Crippen LogP contribution is -2.49. The van der Waals surface area contributed by atoms with Gasteiger partial charge in [-0.2, -0.15) is 0 Å². The third-order valence-electron chi connectivity index (χ3n) is 4.84. The lowest BCUT2D eigenvalue weighted by atomic mass is 10.1. The minimum Gasteiger partial charge on any atom is -0.493 e. The van der Waals surface area contributed by atoms with Gasteiger partial charge in [-0.25, -0.2) is 4.79 Å². The number of hydrogen-bond acceptors (Lipinski definition) is 8. The molecule has 1 N–H and O–H groups in total. The summed E-state index contributed by atoms with van der Waals surface area (Å²) in [6, 6.07) is 6.31. The zero-order chi connectivity index (χ0) is 23.3. The van der Waals surface area contributed by atoms with Crippen molar-refractivity contribution in [3.05, 3.63) is 40.1 Å². The molecule has 1 aromatic heterocycles. The van der Waals surface area contributed by atoms with Crippen LogP contribution in [0.5, 0.6) is 11.5 Å². The van der Waals surface area contributed by atoms with Gasteiger partial charge in [0.05, 0.1) is 42.6 Å². The van der Waals surface area contributed by atoms with Crippen LogP contribution in [0.15, 0.2) is 29.6 Å². The predicted molar refractivity (Wildman–Crippen MR) is 119 cm³/mol. The first-order chi connectivity index (χ1) is 15.3. The number of rotatable bonds is 7. The van der Waals surface area contributed by atoms with Crippen molar-refractivity contribution in [1.29, 1.82) is 0 Å². The van der Waals surface area contributed by atoms with E-state index in [0.717, 1.165) is 0 Å². The van der Waals surface area contributed by atoms with Gasteiger partial charge >= 0.3 is 5.97 Å². The molecule has 2 amide bonds. The molecule has 2 atom stereocenters. The van der Waals surface area contributed by atoms with E-state index in [1.807, 2.05) is 13.8 Å². The first-order valence-corrected chi connectivity index (χ1v) is 10.9. The minimum absolute atomic E-state index is 0.0454. The number of amides is 2. The van der Waals surface area contributed by atoms with Crippen molar-refractivity contribution in [2.24, 2.45) is 0 Å². The summed E-state index contributed by atoms with van der Waals surface area (Å²) in [6.07, 6.45) is -0.188. The van der Waals surface area contributed by atoms with E-state index in [0.29, 0.717) is 23.7 Å². The molecule has 10 heteroatoms. The van der Waals surface area contributed by atoms with E-state index in [2.05, 4.69) is 5.32 Å². The summed E-state index contributed by atoms with van der Waals surface area (Å²) in [4.78, 5) is 40.0. The Morgan fingerprint density at radius 3 is 2.38 bits per heavy atom. The zero-order valence-electron chi connectivity index (χ0n) is 18.4. The number of methoxy groups -OCH3 is 2. The van der Waals surface area contributed by atoms with Crippen LogP contribution in [0.25, 0.3) is 0 Å². The van der Waals surface area contributed by atoms with Crippen molar-refractivity contribution in [3.63, 3.8) is 0 Å². The molecule has 32 heavy (non-hydrogen) atoms. The fourth-order valence-corrected chi connectivity index (χ4v) is 4.04. The van der Waals surface area contributed by atoms with Gasteiger partial charge in [0.15, 0.2) is 18.1 Å². The lowest BCUT2D eigenvalue weighted by molar-refractivity contribution is -0.146. The lowest BCUT2D eigenvalue weighted by Gasteiger charge is -2.35. The fourth-order valence-electron chi connectivity index (χ4n) is 3.42. The summed E-state index contributed by atoms with van der Waals surface area (Å²) < 4.78 is 21.5. The molecule has 1 saturated heterocycles. The fraction of sp³-hybridized carbons (Fsp3) is 0.409. The Morgan fingerprint density at radius 1 is 1.12 bits per heavy atom. The zero-order valence-corrected chi connectivity index (χ0v) is 19.2. The maximum atomic E-state index is 12.9. The highest BCUT2D eigenvalue weighted by Crippen LogP contribution is 2.34. The molecular formula is C22H26N2O7S. The van der Waals surface area contributed by atoms with Crippen LogP contribution in [0.4, 0.5) is 5.69 Å². The van der Waals surface area contributed by atoms with E-state index in [1.54, 1.807) is 22.4 Å². The van der Waals surface area contributed by atoms with Crippen molar-refractivity contribution in [2.75, 3.05) is 39.2 Å². The Bertz CT molecular complexity index is 967. The maximum absolute atomic E-state index is 12.9. The number of benzene rings is 1. The van der Waals surface area contributed by atoms with Gasteiger partial charge in [0.25, 0.3) is 11.8 Å². The number of thiophene rings is 1. The second-order valence-electron chi connectivity index (χ2n) is 7.32. The molecule has 2 unspecified atom stereocenters. The Labute approximate surface area is 190 Å². The molecule has 0 spiro atoms. The number of hydrogen-bond donors (Lipinski definition) is 1. The molecular weight excluding hydrogens is 436 g/mol. The number of nitrogens with one attached hydrogen (secondary N) is 1. The second-order valence-corrected chi connectivity index (χ2v) is 8.26. The molecule has 0 saturated carbocycles. The highest BCUT2D eigenvalue weighted by Gasteiger charge is 2.27. The standard InChI is InChI=1S/C22H26N2O7S/c1-13-10-24(11-14(2)31-13)20(25)12-30-22(27)15-8-17(28-3)18(29-4)9-16(15)23-21(26)19-6-5-7-32-19/h5-9,13-14H,10-12H2,1-4H3,(H,23,26). The van der Waals surface area contributed by atoms with Gasteiger partial charge in [0, 0.05) is 25.2 Å². The Morgan fingerprint density at radius 2 is 1.78 bits per heavy atom. The smallest absolute Gasteiger partial charge is 0.340 e. The molecule has 1 aromatic carbocycles. The molecule has 0 bridgehead atoms. The summed E-state index contributed by atoms with van der Waals surface area (Å²) in [5, 5.41) is 4.48. The van der Waals surface area contributed by atoms with Crippen LogP contribution in [0.2, 0.25) is 0 Å². The van der Waals surface area contributed by atoms with Crippen molar-refractivity contribution in [1.82, 2.24) is 4.90 Å². The van der Waals surface area contributed by atoms with Gasteiger partial charge in [-0.3, -0.25) is 9.59 Å². The molecule has 1 aliphatic rings. The van der Waals surface area contributed by atoms with Crippen LogP contribution in [-0.2, 0) is 14.3 Å². The van der Waals surface area contributed by atoms with Crippen molar-refractivity contribution in [2.45, 2.75) is 26.1 Å². The highest BCUT2D eigenvalue weighted by atomic mass is 32.1. The first kappa shape index (κ1) is 23.6. The van der Waals surface area contributed by atoms with Crippen LogP contribution in [0.1, 0.15) is 33.9 Å². The third-order valence-corrected chi connectivity index (χ3v) is 5.70. The van der Waals surface area contributed by atoms with Gasteiger partial charge in [0.2, 0.25) is 0 Å². The number of ether oxygens (including phenoxy) is 4. The topological polar surface area (TPSA) is 103 Å². The molecule has 3 rings (SSSR count). The number of anilines is 1. The van der Waals surface area contributed by atoms with Gasteiger partial charge < -0.3 is 29.2 Å². The van der Waals surface area contributed by atoms with Crippen LogP contribution in [-0.4, -0.2) is 68.8 Å². The molecule has 172 valence electrons. The van der Waals surface area contributed by atoms with E-state index in [4.69, 9.17) is 18.9 Å². The summed E-state index contributed by atoms with van der Waals surface area (Å²) in [6.45, 7) is 4.20. The van der Waals surface area contributed by atoms with Crippen molar-refractivity contribution >= 4 is 34.8 Å². The van der Waals surface area contributed by atoms with Crippen LogP contribution in [0, 0.1) is 0 Å². The van der Waals surface area contributed by atoms with Gasteiger partial charge in [-0.1, -0.05) is 6.07 Å². The summed E-state index contributed by atoms with van der Waals surface area (Å²) >= 11 is 1.27. The molecule has 1 aliphatic heterocycles. The largest absolute Gasteiger partial charge is 0.493 e. The van der Waals surface area contributed by atoms with E-state index < -0.39 is 12.6 Å². The highest BCUT2D eigenvalue weighted by molar-refractivity contribution is 7.12. The van der Waals surface area contributed by atoms with Gasteiger partial charge in [-0.15, -0.1) is 11.3 Å². The quantitative estimate of drug-likeness (QED) is 0.631. The predicted octanol–water partition coefficient (Wildman–Crippen LogP) is 2.81. The number of nitrogens with zero attached hydrogens (tertiary/aromatic N) is 1. The number of carbonyl (C=O) groups is 3. The number of carbonyl (C=O) groups excluding carboxylic acids is 3. The second kappa shape index (κ2) is 10.5. The van der Waals surface area contributed by atoms with E-state index in [-0.39, 0.29) is 41.0 Å². The molecule has 0 aliphatic carbocycles. The third kappa shape index (κ3) is 5.57. The SMILES string of the molecule is COc1cc(NC(=O)c2cccs2)c(C(=O)OCC(=O)N2CC(C)OC(C)C2)cc1OC. The molecule has 1 fully saturated rings. The van der Waals surface area contributed by atoms with E-state index in [9.17, 15) is 14.4 Å². The Hall–Kier alpha value is -3.11. The van der Waals surface area contributed by atoms with E-state index >= 15 is 0 Å². The maximum Gasteiger partial charge on any atom is 0.340 e. The average Bonchev–Trinajstić information content (AvgIpc) is 3.31. The van der Waals surface area contributed by atoms with Gasteiger partial charge in [0.1, 0.15) is 0 Å². The molecule has 2 heterocycles. The summed E-state index contributed by atoms with van der Waals surface area (Å²) in [5.74, 6) is -0.845. The first-order valence-electron chi connectivity index (χ1n) is 10.0.